The summed E-state index contributed by atoms with van der Waals surface area (Å²) in [6.45, 7) is 9.22. The maximum absolute atomic E-state index is 12.5. The molecule has 0 atom stereocenters. The average molecular weight is 522 g/mol. The van der Waals surface area contributed by atoms with Crippen LogP contribution in [0.15, 0.2) is 29.3 Å². The minimum Gasteiger partial charge on any atom is -0.355 e. The summed E-state index contributed by atoms with van der Waals surface area (Å²) in [7, 11) is 3.94. The van der Waals surface area contributed by atoms with E-state index in [0.717, 1.165) is 37.7 Å². The van der Waals surface area contributed by atoms with Gasteiger partial charge in [-0.2, -0.15) is 0 Å². The molecule has 1 fully saturated rings. The van der Waals surface area contributed by atoms with Crippen LogP contribution in [0.1, 0.15) is 19.4 Å². The highest BCUT2D eigenvalue weighted by Gasteiger charge is 2.23. The van der Waals surface area contributed by atoms with Crippen molar-refractivity contribution >= 4 is 47.4 Å². The van der Waals surface area contributed by atoms with Crippen molar-refractivity contribution in [3.63, 3.8) is 0 Å². The van der Waals surface area contributed by atoms with Gasteiger partial charge in [0.1, 0.15) is 0 Å². The van der Waals surface area contributed by atoms with Crippen LogP contribution < -0.4 is 5.32 Å². The van der Waals surface area contributed by atoms with Crippen molar-refractivity contribution in [1.82, 2.24) is 20.0 Å². The van der Waals surface area contributed by atoms with Gasteiger partial charge in [0.2, 0.25) is 5.91 Å². The summed E-state index contributed by atoms with van der Waals surface area (Å²) < 4.78 is 0. The number of hydrogen-bond acceptors (Lipinski definition) is 3. The molecule has 2 rings (SSSR count). The highest BCUT2D eigenvalue weighted by molar-refractivity contribution is 14.0. The van der Waals surface area contributed by atoms with Crippen molar-refractivity contribution in [2.75, 3.05) is 53.4 Å². The molecule has 0 aromatic heterocycles. The zero-order valence-corrected chi connectivity index (χ0v) is 20.4. The Labute approximate surface area is 191 Å². The smallest absolute Gasteiger partial charge is 0.227 e. The van der Waals surface area contributed by atoms with E-state index in [4.69, 9.17) is 11.6 Å². The molecule has 1 aliphatic rings. The highest BCUT2D eigenvalue weighted by Crippen LogP contribution is 2.13. The third-order valence-corrected chi connectivity index (χ3v) is 5.25. The lowest BCUT2D eigenvalue weighted by molar-refractivity contribution is -0.131. The fraction of sp³-hybridized carbons (Fsp3) is 0.600. The Morgan fingerprint density at radius 2 is 1.89 bits per heavy atom. The molecule has 1 aromatic carbocycles. The maximum Gasteiger partial charge on any atom is 0.227 e. The number of guanidine groups is 1. The Kier molecular flexibility index (Phi) is 11.1. The quantitative estimate of drug-likeness (QED) is 0.355. The van der Waals surface area contributed by atoms with Crippen LogP contribution in [-0.4, -0.2) is 86.0 Å². The summed E-state index contributed by atoms with van der Waals surface area (Å²) in [5.74, 6) is 1.06. The Balaban J connectivity index is 0.00000392. The Hall–Kier alpha value is -1.06. The van der Waals surface area contributed by atoms with Gasteiger partial charge in [-0.15, -0.1) is 24.0 Å². The summed E-state index contributed by atoms with van der Waals surface area (Å²) in [6.07, 6.45) is 0.398. The lowest BCUT2D eigenvalue weighted by Crippen LogP contribution is -2.54. The topological polar surface area (TPSA) is 51.2 Å². The lowest BCUT2D eigenvalue weighted by atomic mass is 10.1. The minimum atomic E-state index is 0. The molecule has 0 saturated carbocycles. The number of rotatable bonds is 6. The number of carbonyl (C=O) groups excluding carboxylic acids is 1. The second-order valence-corrected chi connectivity index (χ2v) is 7.66. The van der Waals surface area contributed by atoms with Crippen LogP contribution in [-0.2, 0) is 11.2 Å². The SMILES string of the molecule is CN=C(NCCN(C)C(C)C)N1CCN(C(=O)Cc2cccc(Cl)c2)CC1.I. The van der Waals surface area contributed by atoms with Gasteiger partial charge in [-0.3, -0.25) is 9.79 Å². The van der Waals surface area contributed by atoms with Crippen molar-refractivity contribution in [2.24, 2.45) is 4.99 Å². The molecule has 0 spiro atoms. The first kappa shape index (κ1) is 25.0. The van der Waals surface area contributed by atoms with E-state index in [9.17, 15) is 4.79 Å². The molecule has 0 radical (unpaired) electrons. The molecule has 1 aromatic rings. The van der Waals surface area contributed by atoms with Crippen LogP contribution in [0.4, 0.5) is 0 Å². The molecule has 1 aliphatic heterocycles. The molecule has 0 bridgehead atoms. The lowest BCUT2D eigenvalue weighted by Gasteiger charge is -2.36. The molecular weight excluding hydrogens is 489 g/mol. The maximum atomic E-state index is 12.5. The van der Waals surface area contributed by atoms with E-state index in [1.54, 1.807) is 0 Å². The second-order valence-electron chi connectivity index (χ2n) is 7.22. The number of nitrogens with one attached hydrogen (secondary N) is 1. The molecule has 1 heterocycles. The predicted octanol–water partition coefficient (Wildman–Crippen LogP) is 2.56. The monoisotopic (exact) mass is 521 g/mol. The summed E-state index contributed by atoms with van der Waals surface area (Å²) >= 11 is 6.01. The summed E-state index contributed by atoms with van der Waals surface area (Å²) in [5.41, 5.74) is 0.960. The zero-order valence-electron chi connectivity index (χ0n) is 17.3. The van der Waals surface area contributed by atoms with Crippen molar-refractivity contribution < 1.29 is 4.79 Å². The van der Waals surface area contributed by atoms with Gasteiger partial charge < -0.3 is 20.0 Å². The number of hydrogen-bond donors (Lipinski definition) is 1. The van der Waals surface area contributed by atoms with Gasteiger partial charge in [-0.05, 0) is 38.6 Å². The fourth-order valence-corrected chi connectivity index (χ4v) is 3.25. The van der Waals surface area contributed by atoms with Crippen LogP contribution >= 0.6 is 35.6 Å². The minimum absolute atomic E-state index is 0. The Morgan fingerprint density at radius 1 is 1.25 bits per heavy atom. The predicted molar refractivity (Wildman–Crippen MR) is 128 cm³/mol. The average Bonchev–Trinajstić information content (AvgIpc) is 2.65. The number of halogens is 2. The molecule has 1 amide bonds. The van der Waals surface area contributed by atoms with Crippen LogP contribution in [0, 0.1) is 0 Å². The first-order valence-electron chi connectivity index (χ1n) is 9.58. The summed E-state index contributed by atoms with van der Waals surface area (Å²) in [4.78, 5) is 23.4. The molecule has 8 heteroatoms. The number of aliphatic imine (C=N–C) groups is 1. The van der Waals surface area contributed by atoms with Gasteiger partial charge in [-0.25, -0.2) is 0 Å². The molecule has 0 aliphatic carbocycles. The number of carbonyl (C=O) groups is 1. The van der Waals surface area contributed by atoms with E-state index in [1.807, 2.05) is 36.2 Å². The number of likely N-dealkylation sites (N-methyl/N-ethyl adjacent to an activating group) is 1. The fourth-order valence-electron chi connectivity index (χ4n) is 3.04. The summed E-state index contributed by atoms with van der Waals surface area (Å²) in [5, 5.41) is 4.10. The number of amides is 1. The molecule has 1 saturated heterocycles. The van der Waals surface area contributed by atoms with E-state index >= 15 is 0 Å². The Morgan fingerprint density at radius 3 is 2.46 bits per heavy atom. The molecular formula is C20H33ClIN5O. The largest absolute Gasteiger partial charge is 0.355 e. The van der Waals surface area contributed by atoms with Gasteiger partial charge >= 0.3 is 0 Å². The van der Waals surface area contributed by atoms with Crippen molar-refractivity contribution in [3.8, 4) is 0 Å². The van der Waals surface area contributed by atoms with Crippen molar-refractivity contribution in [3.05, 3.63) is 34.9 Å². The third-order valence-electron chi connectivity index (χ3n) is 5.02. The van der Waals surface area contributed by atoms with E-state index in [1.165, 1.54) is 0 Å². The molecule has 0 unspecified atom stereocenters. The molecule has 6 nitrogen and oxygen atoms in total. The van der Waals surface area contributed by atoms with Gasteiger partial charge in [0.25, 0.3) is 0 Å². The van der Waals surface area contributed by atoms with Crippen molar-refractivity contribution in [2.45, 2.75) is 26.3 Å². The highest BCUT2D eigenvalue weighted by atomic mass is 127. The molecule has 1 N–H and O–H groups in total. The van der Waals surface area contributed by atoms with E-state index in [2.05, 4.69) is 41.0 Å². The second kappa shape index (κ2) is 12.5. The van der Waals surface area contributed by atoms with E-state index in [-0.39, 0.29) is 29.9 Å². The number of piperazine rings is 1. The van der Waals surface area contributed by atoms with Gasteiger partial charge in [0.15, 0.2) is 5.96 Å². The van der Waals surface area contributed by atoms with Crippen LogP contribution in [0.25, 0.3) is 0 Å². The standard InChI is InChI=1S/C20H32ClN5O.HI/c1-16(2)24(4)9-8-23-20(22-3)26-12-10-25(11-13-26)19(27)15-17-6-5-7-18(21)14-17;/h5-7,14,16H,8-13,15H2,1-4H3,(H,22,23);1H. The van der Waals surface area contributed by atoms with Gasteiger partial charge in [0.05, 0.1) is 6.42 Å². The van der Waals surface area contributed by atoms with Crippen molar-refractivity contribution in [1.29, 1.82) is 0 Å². The van der Waals surface area contributed by atoms with E-state index in [0.29, 0.717) is 30.6 Å². The van der Waals surface area contributed by atoms with Gasteiger partial charge in [0, 0.05) is 57.4 Å². The van der Waals surface area contributed by atoms with Crippen LogP contribution in [0.5, 0.6) is 0 Å². The van der Waals surface area contributed by atoms with Crippen LogP contribution in [0.3, 0.4) is 0 Å². The molecule has 158 valence electrons. The first-order chi connectivity index (χ1) is 12.9. The Bertz CT molecular complexity index is 647. The summed E-state index contributed by atoms with van der Waals surface area (Å²) in [6, 6.07) is 8.04. The molecule has 28 heavy (non-hydrogen) atoms. The zero-order chi connectivity index (χ0) is 19.8. The third kappa shape index (κ3) is 7.75. The first-order valence-corrected chi connectivity index (χ1v) is 9.96. The number of benzene rings is 1. The number of nitrogens with zero attached hydrogens (tertiary/aromatic N) is 4. The normalized spacial score (nSPS) is 15.0. The van der Waals surface area contributed by atoms with Gasteiger partial charge in [-0.1, -0.05) is 23.7 Å². The van der Waals surface area contributed by atoms with E-state index < -0.39 is 0 Å². The van der Waals surface area contributed by atoms with Crippen LogP contribution in [0.2, 0.25) is 5.02 Å².